The van der Waals surface area contributed by atoms with Gasteiger partial charge < -0.3 is 4.79 Å². The summed E-state index contributed by atoms with van der Waals surface area (Å²) in [5.41, 5.74) is 5.32. The Bertz CT molecular complexity index is 906. The van der Waals surface area contributed by atoms with Crippen molar-refractivity contribution in [3.63, 3.8) is 0 Å². The first-order valence-electron chi connectivity index (χ1n) is 8.51. The Morgan fingerprint density at radius 2 is 1.40 bits per heavy atom. The fourth-order valence-electron chi connectivity index (χ4n) is 4.30. The molecule has 1 saturated heterocycles. The molecule has 0 radical (unpaired) electrons. The highest BCUT2D eigenvalue weighted by atomic mass is 16.7. The fraction of sp³-hybridized carbons (Fsp3) is 0.136. The second kappa shape index (κ2) is 5.30. The quantitative estimate of drug-likeness (QED) is 0.657. The van der Waals surface area contributed by atoms with Gasteiger partial charge in [-0.25, -0.2) is 5.06 Å². The molecule has 122 valence electrons. The molecule has 1 unspecified atom stereocenters. The molecule has 25 heavy (non-hydrogen) atoms. The van der Waals surface area contributed by atoms with Gasteiger partial charge in [-0.15, -0.1) is 0 Å². The molecular formula is C22H17NO2. The van der Waals surface area contributed by atoms with E-state index in [1.807, 2.05) is 35.4 Å². The van der Waals surface area contributed by atoms with Crippen LogP contribution in [-0.2, 0) is 15.2 Å². The summed E-state index contributed by atoms with van der Waals surface area (Å²) in [6.07, 6.45) is 1.06. The van der Waals surface area contributed by atoms with Crippen LogP contribution in [0.5, 0.6) is 0 Å². The molecule has 0 saturated carbocycles. The average molecular weight is 327 g/mol. The summed E-state index contributed by atoms with van der Waals surface area (Å²) in [4.78, 5) is 17.7. The van der Waals surface area contributed by atoms with Crippen molar-refractivity contribution in [2.75, 3.05) is 5.06 Å². The molecule has 1 spiro atoms. The Balaban J connectivity index is 1.82. The van der Waals surface area contributed by atoms with Crippen LogP contribution in [0.25, 0.3) is 11.1 Å². The second-order valence-electron chi connectivity index (χ2n) is 6.57. The highest BCUT2D eigenvalue weighted by molar-refractivity contribution is 5.83. The summed E-state index contributed by atoms with van der Waals surface area (Å²) in [6, 6.07) is 26.9. The van der Waals surface area contributed by atoms with Gasteiger partial charge in [-0.2, -0.15) is 0 Å². The van der Waals surface area contributed by atoms with Crippen molar-refractivity contribution in [3.05, 3.63) is 90.0 Å². The zero-order valence-corrected chi connectivity index (χ0v) is 13.6. The van der Waals surface area contributed by atoms with E-state index in [1.54, 1.807) is 0 Å². The molecule has 0 bridgehead atoms. The predicted molar refractivity (Wildman–Crippen MR) is 97.1 cm³/mol. The van der Waals surface area contributed by atoms with Gasteiger partial charge in [-0.05, 0) is 34.4 Å². The third-order valence-corrected chi connectivity index (χ3v) is 5.26. The minimum Gasteiger partial charge on any atom is -0.300 e. The lowest BCUT2D eigenvalue weighted by Gasteiger charge is -2.36. The highest BCUT2D eigenvalue weighted by Gasteiger charge is 2.54. The van der Waals surface area contributed by atoms with E-state index in [0.29, 0.717) is 6.42 Å². The van der Waals surface area contributed by atoms with Gasteiger partial charge in [0.2, 0.25) is 0 Å². The molecule has 1 aliphatic heterocycles. The maximum absolute atomic E-state index is 11.6. The van der Waals surface area contributed by atoms with E-state index in [4.69, 9.17) is 4.84 Å². The molecule has 3 aromatic carbocycles. The Hall–Kier alpha value is -2.91. The molecular weight excluding hydrogens is 310 g/mol. The van der Waals surface area contributed by atoms with Crippen LogP contribution >= 0.6 is 0 Å². The molecule has 3 heteroatoms. The monoisotopic (exact) mass is 327 g/mol. The van der Waals surface area contributed by atoms with Crippen LogP contribution in [0.1, 0.15) is 17.5 Å². The number of carbonyl (C=O) groups is 1. The zero-order valence-electron chi connectivity index (χ0n) is 13.6. The summed E-state index contributed by atoms with van der Waals surface area (Å²) >= 11 is 0. The minimum atomic E-state index is -0.472. The predicted octanol–water partition coefficient (Wildman–Crippen LogP) is 4.32. The second-order valence-corrected chi connectivity index (χ2v) is 6.57. The van der Waals surface area contributed by atoms with Crippen molar-refractivity contribution in [2.24, 2.45) is 0 Å². The largest absolute Gasteiger partial charge is 0.300 e. The van der Waals surface area contributed by atoms with Gasteiger partial charge in [0.05, 0.1) is 5.69 Å². The number of nitrogens with zero attached hydrogens (tertiary/aromatic N) is 1. The van der Waals surface area contributed by atoms with Crippen LogP contribution in [0.2, 0.25) is 0 Å². The first-order chi connectivity index (χ1) is 12.3. The third kappa shape index (κ3) is 1.87. The molecule has 1 aliphatic carbocycles. The number of aldehydes is 1. The molecule has 0 N–H and O–H groups in total. The number of hydrogen-bond acceptors (Lipinski definition) is 3. The first kappa shape index (κ1) is 14.4. The topological polar surface area (TPSA) is 29.5 Å². The fourth-order valence-corrected chi connectivity index (χ4v) is 4.30. The van der Waals surface area contributed by atoms with Crippen molar-refractivity contribution >= 4 is 12.0 Å². The number of hydrogen-bond donors (Lipinski definition) is 0. The van der Waals surface area contributed by atoms with Crippen molar-refractivity contribution in [3.8, 4) is 11.1 Å². The number of fused-ring (bicyclic) bond motifs is 5. The molecule has 0 aromatic heterocycles. The smallest absolute Gasteiger partial charge is 0.151 e. The summed E-state index contributed by atoms with van der Waals surface area (Å²) in [5, 5.41) is 1.94. The summed E-state index contributed by atoms with van der Waals surface area (Å²) in [7, 11) is 0. The molecule has 5 rings (SSSR count). The minimum absolute atomic E-state index is 0.459. The number of carbonyl (C=O) groups excluding carboxylic acids is 1. The summed E-state index contributed by atoms with van der Waals surface area (Å²) in [5.74, 6) is 0. The van der Waals surface area contributed by atoms with E-state index in [-0.39, 0.29) is 0 Å². The van der Waals surface area contributed by atoms with E-state index >= 15 is 0 Å². The third-order valence-electron chi connectivity index (χ3n) is 5.26. The maximum Gasteiger partial charge on any atom is 0.151 e. The van der Waals surface area contributed by atoms with Gasteiger partial charge in [0.1, 0.15) is 11.6 Å². The lowest BCUT2D eigenvalue weighted by Crippen LogP contribution is -2.40. The van der Waals surface area contributed by atoms with Gasteiger partial charge in [-0.3, -0.25) is 4.84 Å². The summed E-state index contributed by atoms with van der Waals surface area (Å²) in [6.45, 7) is 0. The van der Waals surface area contributed by atoms with E-state index in [1.165, 1.54) is 22.3 Å². The van der Waals surface area contributed by atoms with Crippen LogP contribution in [-0.4, -0.2) is 12.4 Å². The Kier molecular flexibility index (Phi) is 3.06. The number of rotatable bonds is 2. The van der Waals surface area contributed by atoms with E-state index in [2.05, 4.69) is 48.5 Å². The van der Waals surface area contributed by atoms with E-state index in [0.717, 1.165) is 12.0 Å². The highest BCUT2D eigenvalue weighted by Crippen LogP contribution is 2.56. The Morgan fingerprint density at radius 3 is 2.00 bits per heavy atom. The van der Waals surface area contributed by atoms with Gasteiger partial charge in [0.25, 0.3) is 0 Å². The van der Waals surface area contributed by atoms with Crippen LogP contribution < -0.4 is 5.06 Å². The molecule has 1 fully saturated rings. The SMILES string of the molecule is O=CC1CC2(c3ccccc3-c3ccccc32)N(c2ccccc2)O1. The maximum atomic E-state index is 11.6. The number of benzene rings is 3. The first-order valence-corrected chi connectivity index (χ1v) is 8.51. The summed E-state index contributed by atoms with van der Waals surface area (Å²) < 4.78 is 0. The van der Waals surface area contributed by atoms with E-state index in [9.17, 15) is 4.79 Å². The normalized spacial score (nSPS) is 19.7. The Morgan fingerprint density at radius 1 is 0.840 bits per heavy atom. The van der Waals surface area contributed by atoms with Gasteiger partial charge in [0, 0.05) is 6.42 Å². The Labute approximate surface area is 146 Å². The molecule has 1 atom stereocenters. The molecule has 3 aromatic rings. The van der Waals surface area contributed by atoms with Gasteiger partial charge in [-0.1, -0.05) is 66.7 Å². The number of hydroxylamine groups is 1. The van der Waals surface area contributed by atoms with Crippen LogP contribution in [0.4, 0.5) is 5.69 Å². The van der Waals surface area contributed by atoms with Crippen LogP contribution in [0.15, 0.2) is 78.9 Å². The van der Waals surface area contributed by atoms with Gasteiger partial charge in [0.15, 0.2) is 6.29 Å². The zero-order chi connectivity index (χ0) is 16.9. The van der Waals surface area contributed by atoms with Crippen molar-refractivity contribution < 1.29 is 9.63 Å². The van der Waals surface area contributed by atoms with Gasteiger partial charge >= 0.3 is 0 Å². The van der Waals surface area contributed by atoms with E-state index < -0.39 is 11.6 Å². The van der Waals surface area contributed by atoms with Crippen LogP contribution in [0, 0.1) is 0 Å². The van der Waals surface area contributed by atoms with Crippen LogP contribution in [0.3, 0.4) is 0 Å². The lowest BCUT2D eigenvalue weighted by molar-refractivity contribution is -0.116. The average Bonchev–Trinajstić information content (AvgIpc) is 3.21. The molecule has 0 amide bonds. The molecule has 3 nitrogen and oxygen atoms in total. The standard InChI is InChI=1S/C22H17NO2/c24-15-17-14-22(23(25-17)16-8-2-1-3-9-16)20-12-6-4-10-18(20)19-11-5-7-13-21(19)22/h1-13,15,17H,14H2. The van der Waals surface area contributed by atoms with Crippen molar-refractivity contribution in [1.29, 1.82) is 0 Å². The molecule has 2 aliphatic rings. The number of anilines is 1. The number of para-hydroxylation sites is 1. The van der Waals surface area contributed by atoms with Crippen molar-refractivity contribution in [2.45, 2.75) is 18.1 Å². The lowest BCUT2D eigenvalue weighted by atomic mass is 9.83. The van der Waals surface area contributed by atoms with Crippen molar-refractivity contribution in [1.82, 2.24) is 0 Å². The molecule has 1 heterocycles.